The molecule has 0 unspecified atom stereocenters. The molecule has 96 valence electrons. The van der Waals surface area contributed by atoms with Gasteiger partial charge in [-0.2, -0.15) is 19.6 Å². The second-order valence-electron chi connectivity index (χ2n) is 3.69. The fourth-order valence-electron chi connectivity index (χ4n) is 1.59. The fourth-order valence-corrected chi connectivity index (χ4v) is 2.54. The number of anilines is 2. The van der Waals surface area contributed by atoms with Gasteiger partial charge in [0.1, 0.15) is 17.3 Å². The normalized spacial score (nSPS) is 10.9. The van der Waals surface area contributed by atoms with Crippen LogP contribution in [0.4, 0.5) is 11.5 Å². The zero-order chi connectivity index (χ0) is 13.4. The molecule has 0 amide bonds. The number of hydrogen-bond acceptors (Lipinski definition) is 4. The third-order valence-corrected chi connectivity index (χ3v) is 4.93. The summed E-state index contributed by atoms with van der Waals surface area (Å²) in [6, 6.07) is 7.66. The smallest absolute Gasteiger partial charge is 0.255 e. The molecule has 0 aliphatic carbocycles. The highest BCUT2D eigenvalue weighted by Crippen LogP contribution is 2.25. The average Bonchev–Trinajstić information content (AvgIpc) is 2.82. The van der Waals surface area contributed by atoms with Gasteiger partial charge in [-0.1, -0.05) is 11.6 Å². The second-order valence-corrected chi connectivity index (χ2v) is 6.09. The highest BCUT2D eigenvalue weighted by Gasteiger charge is 2.07. The van der Waals surface area contributed by atoms with Crippen LogP contribution in [0.1, 0.15) is 0 Å². The Balaban J connectivity index is 2.04. The zero-order valence-corrected chi connectivity index (χ0v) is 13.8. The van der Waals surface area contributed by atoms with E-state index in [1.807, 2.05) is 18.2 Å². The van der Waals surface area contributed by atoms with Crippen molar-refractivity contribution < 1.29 is 0 Å². The molecule has 1 aromatic carbocycles. The Labute approximate surface area is 135 Å². The van der Waals surface area contributed by atoms with Gasteiger partial charge in [0.25, 0.3) is 5.78 Å². The van der Waals surface area contributed by atoms with Crippen LogP contribution in [0.2, 0.25) is 5.15 Å². The van der Waals surface area contributed by atoms with Crippen LogP contribution in [-0.4, -0.2) is 19.6 Å². The number of rotatable bonds is 2. The van der Waals surface area contributed by atoms with Gasteiger partial charge in [-0.3, -0.25) is 0 Å². The Morgan fingerprint density at radius 1 is 1.32 bits per heavy atom. The standard InChI is InChI=1S/C11H6BrClIN5/c12-7-2-1-6(3-8(7)14)17-10-4-9(13)18-11-15-5-16-19(10)11/h1-5,17H. The first-order valence-corrected chi connectivity index (χ1v) is 7.47. The van der Waals surface area contributed by atoms with Crippen molar-refractivity contribution >= 4 is 67.4 Å². The molecule has 3 aromatic rings. The Morgan fingerprint density at radius 2 is 2.16 bits per heavy atom. The predicted molar refractivity (Wildman–Crippen MR) is 85.9 cm³/mol. The molecule has 2 heterocycles. The first-order chi connectivity index (χ1) is 9.13. The molecule has 0 aliphatic rings. The highest BCUT2D eigenvalue weighted by molar-refractivity contribution is 14.1. The Kier molecular flexibility index (Phi) is 3.59. The van der Waals surface area contributed by atoms with Crippen molar-refractivity contribution in [2.24, 2.45) is 0 Å². The first-order valence-electron chi connectivity index (χ1n) is 5.22. The van der Waals surface area contributed by atoms with E-state index in [9.17, 15) is 0 Å². The molecular formula is C11H6BrClIN5. The van der Waals surface area contributed by atoms with Crippen LogP contribution in [0.25, 0.3) is 5.78 Å². The zero-order valence-electron chi connectivity index (χ0n) is 9.31. The van der Waals surface area contributed by atoms with Gasteiger partial charge in [-0.25, -0.2) is 0 Å². The molecule has 0 bridgehead atoms. The van der Waals surface area contributed by atoms with E-state index in [1.54, 1.807) is 10.6 Å². The van der Waals surface area contributed by atoms with Crippen molar-refractivity contribution in [1.82, 2.24) is 19.6 Å². The van der Waals surface area contributed by atoms with Gasteiger partial charge in [-0.15, -0.1) is 0 Å². The minimum absolute atomic E-state index is 0.370. The lowest BCUT2D eigenvalue weighted by Crippen LogP contribution is -2.01. The summed E-state index contributed by atoms with van der Waals surface area (Å²) in [5, 5.41) is 7.73. The lowest BCUT2D eigenvalue weighted by molar-refractivity contribution is 0.947. The van der Waals surface area contributed by atoms with Crippen LogP contribution in [-0.2, 0) is 0 Å². The Morgan fingerprint density at radius 3 is 2.95 bits per heavy atom. The number of aromatic nitrogens is 4. The topological polar surface area (TPSA) is 55.1 Å². The Hall–Kier alpha value is -0.930. The summed E-state index contributed by atoms with van der Waals surface area (Å²) in [6.45, 7) is 0. The van der Waals surface area contributed by atoms with Gasteiger partial charge in [-0.05, 0) is 56.7 Å². The maximum Gasteiger partial charge on any atom is 0.255 e. The van der Waals surface area contributed by atoms with E-state index in [0.29, 0.717) is 16.7 Å². The van der Waals surface area contributed by atoms with Crippen LogP contribution in [0.3, 0.4) is 0 Å². The molecule has 8 heteroatoms. The molecule has 0 aliphatic heterocycles. The maximum absolute atomic E-state index is 5.96. The molecule has 5 nitrogen and oxygen atoms in total. The fraction of sp³-hybridized carbons (Fsp3) is 0. The molecule has 0 radical (unpaired) electrons. The number of benzene rings is 1. The van der Waals surface area contributed by atoms with Crippen molar-refractivity contribution in [2.75, 3.05) is 5.32 Å². The largest absolute Gasteiger partial charge is 0.340 e. The van der Waals surface area contributed by atoms with E-state index in [-0.39, 0.29) is 0 Å². The molecule has 0 spiro atoms. The molecule has 0 atom stereocenters. The summed E-state index contributed by atoms with van der Waals surface area (Å²) < 4.78 is 3.76. The van der Waals surface area contributed by atoms with E-state index >= 15 is 0 Å². The lowest BCUT2D eigenvalue weighted by atomic mass is 10.3. The van der Waals surface area contributed by atoms with Gasteiger partial charge in [0, 0.05) is 19.8 Å². The molecule has 3 rings (SSSR count). The van der Waals surface area contributed by atoms with E-state index < -0.39 is 0 Å². The van der Waals surface area contributed by atoms with Crippen molar-refractivity contribution in [3.05, 3.63) is 43.8 Å². The van der Waals surface area contributed by atoms with Gasteiger partial charge >= 0.3 is 0 Å². The van der Waals surface area contributed by atoms with E-state index in [2.05, 4.69) is 58.9 Å². The highest BCUT2D eigenvalue weighted by atomic mass is 127. The van der Waals surface area contributed by atoms with Gasteiger partial charge in [0.05, 0.1) is 0 Å². The summed E-state index contributed by atoms with van der Waals surface area (Å²) in [5.41, 5.74) is 0.937. The number of fused-ring (bicyclic) bond motifs is 1. The minimum atomic E-state index is 0.370. The number of halogens is 3. The van der Waals surface area contributed by atoms with Crippen LogP contribution >= 0.6 is 50.1 Å². The van der Waals surface area contributed by atoms with E-state index in [0.717, 1.165) is 13.7 Å². The maximum atomic E-state index is 5.96. The predicted octanol–water partition coefficient (Wildman–Crippen LogP) is 3.89. The van der Waals surface area contributed by atoms with E-state index in [1.165, 1.54) is 6.33 Å². The van der Waals surface area contributed by atoms with Crippen LogP contribution in [0.5, 0.6) is 0 Å². The third-order valence-electron chi connectivity index (χ3n) is 2.41. The number of nitrogens with one attached hydrogen (secondary N) is 1. The minimum Gasteiger partial charge on any atom is -0.340 e. The lowest BCUT2D eigenvalue weighted by Gasteiger charge is -2.09. The SMILES string of the molecule is Clc1cc(Nc2ccc(Br)c(I)c2)n2ncnc2n1. The second kappa shape index (κ2) is 5.22. The molecule has 2 aromatic heterocycles. The summed E-state index contributed by atoms with van der Waals surface area (Å²) in [7, 11) is 0. The van der Waals surface area contributed by atoms with Crippen molar-refractivity contribution in [1.29, 1.82) is 0 Å². The number of hydrogen-bond donors (Lipinski definition) is 1. The number of nitrogens with zero attached hydrogens (tertiary/aromatic N) is 4. The van der Waals surface area contributed by atoms with Crippen LogP contribution in [0.15, 0.2) is 35.1 Å². The van der Waals surface area contributed by atoms with E-state index in [4.69, 9.17) is 11.6 Å². The van der Waals surface area contributed by atoms with Crippen molar-refractivity contribution in [3.63, 3.8) is 0 Å². The van der Waals surface area contributed by atoms with Crippen molar-refractivity contribution in [2.45, 2.75) is 0 Å². The summed E-state index contributed by atoms with van der Waals surface area (Å²) in [4.78, 5) is 8.10. The molecule has 19 heavy (non-hydrogen) atoms. The molecular weight excluding hydrogens is 444 g/mol. The summed E-state index contributed by atoms with van der Waals surface area (Å²) in [5.74, 6) is 1.17. The third kappa shape index (κ3) is 2.67. The van der Waals surface area contributed by atoms with Crippen LogP contribution in [0, 0.1) is 3.57 Å². The average molecular weight is 450 g/mol. The molecule has 0 saturated heterocycles. The summed E-state index contributed by atoms with van der Waals surface area (Å²) >= 11 is 11.7. The van der Waals surface area contributed by atoms with Gasteiger partial charge < -0.3 is 5.32 Å². The van der Waals surface area contributed by atoms with Gasteiger partial charge in [0.15, 0.2) is 0 Å². The monoisotopic (exact) mass is 449 g/mol. The molecule has 0 saturated carbocycles. The molecule has 1 N–H and O–H groups in total. The molecule has 0 fully saturated rings. The van der Waals surface area contributed by atoms with Crippen LogP contribution < -0.4 is 5.32 Å². The first kappa shape index (κ1) is 13.1. The summed E-state index contributed by atoms with van der Waals surface area (Å²) in [6.07, 6.45) is 1.44. The van der Waals surface area contributed by atoms with Gasteiger partial charge in [0.2, 0.25) is 0 Å². The Bertz CT molecular complexity index is 760. The van der Waals surface area contributed by atoms with Crippen molar-refractivity contribution in [3.8, 4) is 0 Å². The quantitative estimate of drug-likeness (QED) is 0.476.